The lowest BCUT2D eigenvalue weighted by atomic mass is 9.93. The highest BCUT2D eigenvalue weighted by atomic mass is 16.2. The number of aromatic amines is 1. The van der Waals surface area contributed by atoms with Gasteiger partial charge in [-0.15, -0.1) is 5.10 Å². The molecule has 0 unspecified atom stereocenters. The molecule has 7 nitrogen and oxygen atoms in total. The van der Waals surface area contributed by atoms with Crippen molar-refractivity contribution in [2.45, 2.75) is 31.7 Å². The zero-order valence-corrected chi connectivity index (χ0v) is 13.2. The fourth-order valence-electron chi connectivity index (χ4n) is 4.90. The van der Waals surface area contributed by atoms with Crippen LogP contribution >= 0.6 is 0 Å². The summed E-state index contributed by atoms with van der Waals surface area (Å²) < 4.78 is 1.34. The minimum Gasteiger partial charge on any atom is -0.353 e. The summed E-state index contributed by atoms with van der Waals surface area (Å²) in [4.78, 5) is 16.6. The Morgan fingerprint density at radius 3 is 2.70 bits per heavy atom. The number of hydrogen-bond donors (Lipinski definition) is 1. The summed E-state index contributed by atoms with van der Waals surface area (Å²) in [5.41, 5.74) is 0.293. The van der Waals surface area contributed by atoms with Gasteiger partial charge in [0.25, 0.3) is 0 Å². The van der Waals surface area contributed by atoms with Crippen molar-refractivity contribution in [3.05, 3.63) is 22.6 Å². The van der Waals surface area contributed by atoms with Gasteiger partial charge < -0.3 is 4.90 Å². The molecule has 122 valence electrons. The number of nitrogens with zero attached hydrogens (tertiary/aromatic N) is 5. The third-order valence-electron chi connectivity index (χ3n) is 6.07. The van der Waals surface area contributed by atoms with Gasteiger partial charge in [0.05, 0.1) is 0 Å². The molecule has 0 radical (unpaired) electrons. The quantitative estimate of drug-likeness (QED) is 0.885. The summed E-state index contributed by atoms with van der Waals surface area (Å²) in [5.74, 6) is 2.82. The molecular formula is C16H22N6O. The number of aromatic nitrogens is 4. The van der Waals surface area contributed by atoms with E-state index in [9.17, 15) is 4.79 Å². The molecule has 7 heteroatoms. The lowest BCUT2D eigenvalue weighted by Gasteiger charge is -2.41. The third-order valence-corrected chi connectivity index (χ3v) is 6.07. The Bertz CT molecular complexity index is 774. The summed E-state index contributed by atoms with van der Waals surface area (Å²) >= 11 is 0. The van der Waals surface area contributed by atoms with Crippen molar-refractivity contribution in [3.63, 3.8) is 0 Å². The molecule has 1 saturated heterocycles. The van der Waals surface area contributed by atoms with Gasteiger partial charge in [-0.25, -0.2) is 9.89 Å². The average Bonchev–Trinajstić information content (AvgIpc) is 3.31. The number of rotatable bonds is 2. The van der Waals surface area contributed by atoms with Gasteiger partial charge in [-0.3, -0.25) is 4.90 Å². The smallest absolute Gasteiger partial charge is 0.353 e. The van der Waals surface area contributed by atoms with Gasteiger partial charge >= 0.3 is 5.69 Å². The Kier molecular flexibility index (Phi) is 2.98. The Hall–Kier alpha value is -1.89. The molecule has 23 heavy (non-hydrogen) atoms. The van der Waals surface area contributed by atoms with Crippen molar-refractivity contribution in [2.24, 2.45) is 11.8 Å². The second kappa shape index (κ2) is 5.06. The SMILES string of the molecule is O=c1[nH]nc2ccc(N3CCN([C@H]4C[C@H]5CC[C@H]4C5)CC3)nn12. The molecule has 3 heterocycles. The van der Waals surface area contributed by atoms with E-state index in [0.29, 0.717) is 5.65 Å². The predicted molar refractivity (Wildman–Crippen MR) is 86.6 cm³/mol. The lowest BCUT2D eigenvalue weighted by molar-refractivity contribution is 0.134. The molecule has 0 spiro atoms. The van der Waals surface area contributed by atoms with Crippen LogP contribution in [-0.2, 0) is 0 Å². The van der Waals surface area contributed by atoms with E-state index in [-0.39, 0.29) is 5.69 Å². The number of nitrogens with one attached hydrogen (secondary N) is 1. The van der Waals surface area contributed by atoms with Crippen molar-refractivity contribution >= 4 is 11.5 Å². The van der Waals surface area contributed by atoms with Crippen molar-refractivity contribution in [3.8, 4) is 0 Å². The highest BCUT2D eigenvalue weighted by Crippen LogP contribution is 2.46. The Morgan fingerprint density at radius 2 is 1.96 bits per heavy atom. The van der Waals surface area contributed by atoms with Crippen LogP contribution in [0.5, 0.6) is 0 Å². The fourth-order valence-corrected chi connectivity index (χ4v) is 4.90. The molecule has 0 aromatic carbocycles. The highest BCUT2D eigenvalue weighted by molar-refractivity contribution is 5.45. The molecule has 2 bridgehead atoms. The fraction of sp³-hybridized carbons (Fsp3) is 0.688. The van der Waals surface area contributed by atoms with Crippen LogP contribution < -0.4 is 10.6 Å². The molecule has 3 atom stereocenters. The van der Waals surface area contributed by atoms with Crippen LogP contribution in [0.25, 0.3) is 5.65 Å². The summed E-state index contributed by atoms with van der Waals surface area (Å²) in [7, 11) is 0. The van der Waals surface area contributed by atoms with E-state index < -0.39 is 0 Å². The first kappa shape index (κ1) is 13.5. The number of anilines is 1. The Labute approximate surface area is 134 Å². The van der Waals surface area contributed by atoms with Gasteiger partial charge in [-0.1, -0.05) is 6.42 Å². The van der Waals surface area contributed by atoms with E-state index in [4.69, 9.17) is 0 Å². The third kappa shape index (κ3) is 2.17. The van der Waals surface area contributed by atoms with Crippen LogP contribution in [-0.4, -0.2) is 56.9 Å². The summed E-state index contributed by atoms with van der Waals surface area (Å²) in [6.45, 7) is 4.18. The summed E-state index contributed by atoms with van der Waals surface area (Å²) in [5, 5.41) is 10.8. The van der Waals surface area contributed by atoms with Crippen molar-refractivity contribution in [1.29, 1.82) is 0 Å². The van der Waals surface area contributed by atoms with Gasteiger partial charge in [0.2, 0.25) is 0 Å². The van der Waals surface area contributed by atoms with Gasteiger partial charge in [-0.05, 0) is 43.2 Å². The molecule has 0 amide bonds. The number of fused-ring (bicyclic) bond motifs is 3. The molecule has 3 fully saturated rings. The Balaban J connectivity index is 1.30. The minimum atomic E-state index is -0.275. The topological polar surface area (TPSA) is 69.5 Å². The van der Waals surface area contributed by atoms with Gasteiger partial charge in [0, 0.05) is 32.2 Å². The van der Waals surface area contributed by atoms with Crippen LogP contribution in [0.15, 0.2) is 16.9 Å². The van der Waals surface area contributed by atoms with E-state index >= 15 is 0 Å². The number of H-pyrrole nitrogens is 1. The number of hydrogen-bond acceptors (Lipinski definition) is 5. The van der Waals surface area contributed by atoms with Gasteiger partial charge in [-0.2, -0.15) is 9.61 Å². The highest BCUT2D eigenvalue weighted by Gasteiger charge is 2.42. The average molecular weight is 314 g/mol. The first-order valence-electron chi connectivity index (χ1n) is 8.71. The maximum atomic E-state index is 11.7. The van der Waals surface area contributed by atoms with Gasteiger partial charge in [0.15, 0.2) is 5.65 Å². The lowest BCUT2D eigenvalue weighted by Crippen LogP contribution is -2.52. The van der Waals surface area contributed by atoms with Gasteiger partial charge in [0.1, 0.15) is 5.82 Å². The molecule has 1 aliphatic heterocycles. The molecule has 1 N–H and O–H groups in total. The summed E-state index contributed by atoms with van der Waals surface area (Å²) in [6, 6.07) is 4.63. The van der Waals surface area contributed by atoms with E-state index in [1.165, 1.54) is 30.2 Å². The monoisotopic (exact) mass is 314 g/mol. The zero-order valence-electron chi connectivity index (χ0n) is 13.2. The molecule has 2 aromatic rings. The second-order valence-corrected chi connectivity index (χ2v) is 7.26. The predicted octanol–water partition coefficient (Wildman–Crippen LogP) is 0.728. The largest absolute Gasteiger partial charge is 0.364 e. The normalized spacial score (nSPS) is 31.3. The van der Waals surface area contributed by atoms with E-state index in [1.807, 2.05) is 12.1 Å². The van der Waals surface area contributed by atoms with Crippen molar-refractivity contribution in [1.82, 2.24) is 24.7 Å². The van der Waals surface area contributed by atoms with E-state index in [2.05, 4.69) is 25.1 Å². The number of piperazine rings is 1. The standard InChI is InChI=1S/C16H22N6O/c23-16-18-17-14-3-4-15(19-22(14)16)21-7-5-20(6-8-21)13-10-11-1-2-12(13)9-11/h3-4,11-13H,1-2,5-10H2,(H,18,23)/t11-,12-,13-/m0/s1. The van der Waals surface area contributed by atoms with E-state index in [0.717, 1.165) is 49.9 Å². The molecule has 5 rings (SSSR count). The zero-order chi connectivity index (χ0) is 15.4. The summed E-state index contributed by atoms with van der Waals surface area (Å²) in [6.07, 6.45) is 5.79. The molecular weight excluding hydrogens is 292 g/mol. The van der Waals surface area contributed by atoms with Crippen LogP contribution in [0.3, 0.4) is 0 Å². The molecule has 2 aromatic heterocycles. The van der Waals surface area contributed by atoms with Crippen LogP contribution in [0.1, 0.15) is 25.7 Å². The maximum Gasteiger partial charge on any atom is 0.364 e. The Morgan fingerprint density at radius 1 is 1.09 bits per heavy atom. The van der Waals surface area contributed by atoms with Crippen molar-refractivity contribution < 1.29 is 0 Å². The van der Waals surface area contributed by atoms with Crippen LogP contribution in [0, 0.1) is 11.8 Å². The second-order valence-electron chi connectivity index (χ2n) is 7.26. The maximum absolute atomic E-state index is 11.7. The molecule has 2 saturated carbocycles. The van der Waals surface area contributed by atoms with Crippen LogP contribution in [0.4, 0.5) is 5.82 Å². The molecule has 2 aliphatic carbocycles. The molecule has 3 aliphatic rings. The van der Waals surface area contributed by atoms with Crippen molar-refractivity contribution in [2.75, 3.05) is 31.1 Å². The van der Waals surface area contributed by atoms with Crippen LogP contribution in [0.2, 0.25) is 0 Å². The first-order chi connectivity index (χ1) is 11.3. The van der Waals surface area contributed by atoms with E-state index in [1.54, 1.807) is 0 Å². The minimum absolute atomic E-state index is 0.275. The first-order valence-corrected chi connectivity index (χ1v) is 8.71.